The monoisotopic (exact) mass is 280 g/mol. The molecule has 1 fully saturated rings. The third kappa shape index (κ3) is 3.01. The van der Waals surface area contributed by atoms with Crippen LogP contribution in [0, 0.1) is 17.2 Å². The quantitative estimate of drug-likeness (QED) is 0.901. The molecule has 2 aromatic rings. The summed E-state index contributed by atoms with van der Waals surface area (Å²) in [4.78, 5) is 0. The van der Waals surface area contributed by atoms with Crippen molar-refractivity contribution in [2.45, 2.75) is 31.8 Å². The molecule has 1 aliphatic carbocycles. The minimum Gasteiger partial charge on any atom is -0.393 e. The molecule has 0 spiro atoms. The van der Waals surface area contributed by atoms with Gasteiger partial charge in [0.2, 0.25) is 0 Å². The Labute approximate surface area is 125 Å². The number of benzene rings is 2. The van der Waals surface area contributed by atoms with Gasteiger partial charge in [0.25, 0.3) is 0 Å². The normalized spacial score (nSPS) is 21.9. The molecule has 3 rings (SSSR count). The van der Waals surface area contributed by atoms with Crippen molar-refractivity contribution in [1.82, 2.24) is 0 Å². The minimum atomic E-state index is -0.100. The Balaban J connectivity index is 1.77. The van der Waals surface area contributed by atoms with Crippen molar-refractivity contribution in [2.75, 3.05) is 11.9 Å². The predicted molar refractivity (Wildman–Crippen MR) is 85.1 cm³/mol. The zero-order valence-corrected chi connectivity index (χ0v) is 12.0. The molecule has 0 radical (unpaired) electrons. The molecule has 3 nitrogen and oxygen atoms in total. The number of aliphatic hydroxyl groups excluding tert-OH is 1. The average molecular weight is 280 g/mol. The molecule has 0 saturated heterocycles. The molecule has 3 heteroatoms. The van der Waals surface area contributed by atoms with Crippen LogP contribution in [0.3, 0.4) is 0 Å². The average Bonchev–Trinajstić information content (AvgIpc) is 2.54. The molecule has 0 unspecified atom stereocenters. The number of nitrogens with one attached hydrogen (secondary N) is 1. The lowest BCUT2D eigenvalue weighted by Gasteiger charge is -2.26. The van der Waals surface area contributed by atoms with Crippen molar-refractivity contribution in [1.29, 1.82) is 5.26 Å². The number of aliphatic hydroxyl groups is 1. The van der Waals surface area contributed by atoms with E-state index in [1.54, 1.807) is 0 Å². The maximum Gasteiger partial charge on any atom is 0.0998 e. The van der Waals surface area contributed by atoms with E-state index in [1.807, 2.05) is 30.3 Å². The van der Waals surface area contributed by atoms with Gasteiger partial charge in [-0.15, -0.1) is 0 Å². The van der Waals surface area contributed by atoms with Gasteiger partial charge in [0, 0.05) is 23.0 Å². The summed E-state index contributed by atoms with van der Waals surface area (Å²) >= 11 is 0. The molecule has 0 amide bonds. The number of rotatable bonds is 3. The summed E-state index contributed by atoms with van der Waals surface area (Å²) in [6.45, 7) is 0.933. The van der Waals surface area contributed by atoms with Crippen molar-refractivity contribution in [2.24, 2.45) is 5.92 Å². The van der Waals surface area contributed by atoms with E-state index in [2.05, 4.69) is 17.5 Å². The van der Waals surface area contributed by atoms with Crippen LogP contribution in [-0.4, -0.2) is 17.8 Å². The molecule has 0 atom stereocenters. The standard InChI is InChI=1S/C18H20N2O/c19-11-14-7-10-18(17-4-2-1-3-16(14)17)20-12-13-5-8-15(21)9-6-13/h1-4,7,10,13,15,20-21H,5-6,8-9,12H2. The summed E-state index contributed by atoms with van der Waals surface area (Å²) in [5.74, 6) is 0.628. The molecular formula is C18H20N2O. The number of hydrogen-bond acceptors (Lipinski definition) is 3. The zero-order valence-electron chi connectivity index (χ0n) is 12.0. The summed E-state index contributed by atoms with van der Waals surface area (Å²) in [6, 6.07) is 14.2. The Morgan fingerprint density at radius 1 is 1.05 bits per heavy atom. The van der Waals surface area contributed by atoms with E-state index >= 15 is 0 Å². The number of nitrogens with zero attached hydrogens (tertiary/aromatic N) is 1. The highest BCUT2D eigenvalue weighted by molar-refractivity contribution is 5.97. The Hall–Kier alpha value is -2.05. The molecule has 2 aromatic carbocycles. The Morgan fingerprint density at radius 2 is 1.76 bits per heavy atom. The predicted octanol–water partition coefficient (Wildman–Crippen LogP) is 3.67. The Kier molecular flexibility index (Phi) is 4.08. The molecule has 0 bridgehead atoms. The lowest BCUT2D eigenvalue weighted by Crippen LogP contribution is -2.23. The van der Waals surface area contributed by atoms with E-state index in [1.165, 1.54) is 0 Å². The van der Waals surface area contributed by atoms with Crippen LogP contribution < -0.4 is 5.32 Å². The SMILES string of the molecule is N#Cc1ccc(NCC2CCC(O)CC2)c2ccccc12. The largest absolute Gasteiger partial charge is 0.393 e. The third-order valence-electron chi connectivity index (χ3n) is 4.44. The van der Waals surface area contributed by atoms with E-state index < -0.39 is 0 Å². The first kappa shape index (κ1) is 13.9. The first-order chi connectivity index (χ1) is 10.3. The van der Waals surface area contributed by atoms with Crippen molar-refractivity contribution < 1.29 is 5.11 Å². The van der Waals surface area contributed by atoms with Crippen LogP contribution in [0.25, 0.3) is 10.8 Å². The van der Waals surface area contributed by atoms with Gasteiger partial charge < -0.3 is 10.4 Å². The van der Waals surface area contributed by atoms with Gasteiger partial charge in [-0.2, -0.15) is 5.26 Å². The van der Waals surface area contributed by atoms with Crippen LogP contribution in [0.5, 0.6) is 0 Å². The number of hydrogen-bond donors (Lipinski definition) is 2. The van der Waals surface area contributed by atoms with E-state index in [0.717, 1.165) is 54.3 Å². The van der Waals surface area contributed by atoms with Crippen LogP contribution in [0.1, 0.15) is 31.2 Å². The smallest absolute Gasteiger partial charge is 0.0998 e. The van der Waals surface area contributed by atoms with E-state index in [9.17, 15) is 10.4 Å². The summed E-state index contributed by atoms with van der Waals surface area (Å²) in [5.41, 5.74) is 1.81. The Morgan fingerprint density at radius 3 is 2.48 bits per heavy atom. The topological polar surface area (TPSA) is 56.0 Å². The van der Waals surface area contributed by atoms with E-state index in [0.29, 0.717) is 5.92 Å². The fraction of sp³-hybridized carbons (Fsp3) is 0.389. The highest BCUT2D eigenvalue weighted by atomic mass is 16.3. The third-order valence-corrected chi connectivity index (χ3v) is 4.44. The van der Waals surface area contributed by atoms with E-state index in [4.69, 9.17) is 0 Å². The van der Waals surface area contributed by atoms with Gasteiger partial charge in [-0.1, -0.05) is 24.3 Å². The van der Waals surface area contributed by atoms with E-state index in [-0.39, 0.29) is 6.10 Å². The van der Waals surface area contributed by atoms with Gasteiger partial charge in [0.05, 0.1) is 17.7 Å². The van der Waals surface area contributed by atoms with Crippen LogP contribution in [0.2, 0.25) is 0 Å². The van der Waals surface area contributed by atoms with Crippen molar-refractivity contribution >= 4 is 16.5 Å². The van der Waals surface area contributed by atoms with Crippen LogP contribution in [0.15, 0.2) is 36.4 Å². The molecule has 1 aliphatic rings. The summed E-state index contributed by atoms with van der Waals surface area (Å²) in [7, 11) is 0. The van der Waals surface area contributed by atoms with Crippen molar-refractivity contribution in [3.63, 3.8) is 0 Å². The zero-order chi connectivity index (χ0) is 14.7. The molecular weight excluding hydrogens is 260 g/mol. The first-order valence-corrected chi connectivity index (χ1v) is 7.61. The summed E-state index contributed by atoms with van der Waals surface area (Å²) < 4.78 is 0. The molecule has 1 saturated carbocycles. The highest BCUT2D eigenvalue weighted by Crippen LogP contribution is 2.28. The summed E-state index contributed by atoms with van der Waals surface area (Å²) in [6.07, 6.45) is 3.91. The van der Waals surface area contributed by atoms with Gasteiger partial charge in [-0.3, -0.25) is 0 Å². The highest BCUT2D eigenvalue weighted by Gasteiger charge is 2.19. The fourth-order valence-electron chi connectivity index (χ4n) is 3.15. The second-order valence-corrected chi connectivity index (χ2v) is 5.87. The maximum absolute atomic E-state index is 9.56. The first-order valence-electron chi connectivity index (χ1n) is 7.61. The van der Waals surface area contributed by atoms with Crippen LogP contribution in [0.4, 0.5) is 5.69 Å². The number of nitriles is 1. The van der Waals surface area contributed by atoms with Crippen LogP contribution >= 0.6 is 0 Å². The van der Waals surface area contributed by atoms with Gasteiger partial charge >= 0.3 is 0 Å². The molecule has 0 aliphatic heterocycles. The molecule has 0 aromatic heterocycles. The minimum absolute atomic E-state index is 0.100. The second kappa shape index (κ2) is 6.15. The maximum atomic E-state index is 9.56. The lowest BCUT2D eigenvalue weighted by molar-refractivity contribution is 0.111. The second-order valence-electron chi connectivity index (χ2n) is 5.87. The van der Waals surface area contributed by atoms with Gasteiger partial charge in [0.1, 0.15) is 0 Å². The van der Waals surface area contributed by atoms with Crippen molar-refractivity contribution in [3.05, 3.63) is 42.0 Å². The Bertz CT molecular complexity index is 666. The molecule has 2 N–H and O–H groups in total. The lowest BCUT2D eigenvalue weighted by atomic mass is 9.87. The van der Waals surface area contributed by atoms with Gasteiger partial charge in [-0.25, -0.2) is 0 Å². The molecule has 108 valence electrons. The molecule has 21 heavy (non-hydrogen) atoms. The molecule has 0 heterocycles. The summed E-state index contributed by atoms with van der Waals surface area (Å²) in [5, 5.41) is 24.4. The fourth-order valence-corrected chi connectivity index (χ4v) is 3.15. The van der Waals surface area contributed by atoms with Gasteiger partial charge in [-0.05, 0) is 43.7 Å². The van der Waals surface area contributed by atoms with Crippen LogP contribution in [-0.2, 0) is 0 Å². The number of anilines is 1. The van der Waals surface area contributed by atoms with Crippen molar-refractivity contribution in [3.8, 4) is 6.07 Å². The number of fused-ring (bicyclic) bond motifs is 1. The van der Waals surface area contributed by atoms with Gasteiger partial charge in [0.15, 0.2) is 0 Å².